The second-order valence-electron chi connectivity index (χ2n) is 4.25. The number of aromatic nitrogens is 2. The molecule has 1 heterocycles. The third kappa shape index (κ3) is 5.57. The van der Waals surface area contributed by atoms with Gasteiger partial charge >= 0.3 is 0 Å². The molecule has 1 rings (SSSR count). The van der Waals surface area contributed by atoms with E-state index in [1.54, 1.807) is 0 Å². The molecule has 0 aliphatic carbocycles. The molecule has 0 unspecified atom stereocenters. The Hall–Kier alpha value is -0.520. The van der Waals surface area contributed by atoms with E-state index >= 15 is 0 Å². The van der Waals surface area contributed by atoms with Gasteiger partial charge < -0.3 is 15.0 Å². The Kier molecular flexibility index (Phi) is 7.32. The van der Waals surface area contributed by atoms with Gasteiger partial charge in [-0.15, -0.1) is 0 Å². The van der Waals surface area contributed by atoms with Gasteiger partial charge in [-0.25, -0.2) is 4.98 Å². The van der Waals surface area contributed by atoms with Crippen molar-refractivity contribution in [1.82, 2.24) is 14.9 Å². The topological polar surface area (TPSA) is 50.1 Å². The molecule has 0 amide bonds. The molecule has 0 aromatic carbocycles. The first-order chi connectivity index (χ1) is 8.25. The smallest absolute Gasteiger partial charge is 0.0951 e. The van der Waals surface area contributed by atoms with E-state index < -0.39 is 0 Å². The van der Waals surface area contributed by atoms with Gasteiger partial charge in [0.2, 0.25) is 0 Å². The van der Waals surface area contributed by atoms with Gasteiger partial charge in [-0.1, -0.05) is 0 Å². The van der Waals surface area contributed by atoms with Crippen LogP contribution in [0, 0.1) is 0 Å². The molecule has 0 atom stereocenters. The molecule has 98 valence electrons. The van der Waals surface area contributed by atoms with E-state index in [2.05, 4.69) is 28.7 Å². The van der Waals surface area contributed by atoms with E-state index in [4.69, 9.17) is 5.11 Å². The minimum atomic E-state index is 0.300. The lowest BCUT2D eigenvalue weighted by Crippen LogP contribution is -2.19. The number of aliphatic hydroxyl groups excluding tert-OH is 1. The van der Waals surface area contributed by atoms with Crippen LogP contribution >= 0.6 is 11.8 Å². The predicted molar refractivity (Wildman–Crippen MR) is 73.3 cm³/mol. The van der Waals surface area contributed by atoms with Gasteiger partial charge in [0.25, 0.3) is 0 Å². The molecule has 0 saturated heterocycles. The maximum Gasteiger partial charge on any atom is 0.0951 e. The van der Waals surface area contributed by atoms with E-state index in [0.717, 1.165) is 31.0 Å². The SMILES string of the molecule is CC(C)n1cncc1CNCCSCCCO. The molecule has 0 aliphatic heterocycles. The molecule has 2 N–H and O–H groups in total. The third-order valence-electron chi connectivity index (χ3n) is 2.48. The highest BCUT2D eigenvalue weighted by Gasteiger charge is 2.03. The molecule has 1 aromatic heterocycles. The summed E-state index contributed by atoms with van der Waals surface area (Å²) in [6, 6.07) is 0.466. The molecule has 0 aliphatic rings. The highest BCUT2D eigenvalue weighted by Crippen LogP contribution is 2.08. The highest BCUT2D eigenvalue weighted by molar-refractivity contribution is 7.99. The first-order valence-corrected chi connectivity index (χ1v) is 7.31. The maximum atomic E-state index is 8.64. The van der Waals surface area contributed by atoms with Crippen molar-refractivity contribution in [2.24, 2.45) is 0 Å². The van der Waals surface area contributed by atoms with Crippen molar-refractivity contribution in [3.63, 3.8) is 0 Å². The zero-order valence-corrected chi connectivity index (χ0v) is 11.5. The van der Waals surface area contributed by atoms with Gasteiger partial charge in [0.05, 0.1) is 12.0 Å². The zero-order chi connectivity index (χ0) is 12.5. The highest BCUT2D eigenvalue weighted by atomic mass is 32.2. The van der Waals surface area contributed by atoms with Crippen LogP contribution in [0.25, 0.3) is 0 Å². The van der Waals surface area contributed by atoms with Gasteiger partial charge in [0, 0.05) is 37.7 Å². The summed E-state index contributed by atoms with van der Waals surface area (Å²) in [5.74, 6) is 2.14. The van der Waals surface area contributed by atoms with Gasteiger partial charge in [0.15, 0.2) is 0 Å². The van der Waals surface area contributed by atoms with Crippen LogP contribution in [0.15, 0.2) is 12.5 Å². The molecule has 17 heavy (non-hydrogen) atoms. The average Bonchev–Trinajstić information content (AvgIpc) is 2.76. The molecule has 1 aromatic rings. The Bertz CT molecular complexity index is 302. The minimum Gasteiger partial charge on any atom is -0.396 e. The number of hydrogen-bond acceptors (Lipinski definition) is 4. The fourth-order valence-corrected chi connectivity index (χ4v) is 2.39. The van der Waals surface area contributed by atoms with Crippen molar-refractivity contribution < 1.29 is 5.11 Å². The van der Waals surface area contributed by atoms with Crippen LogP contribution in [0.4, 0.5) is 0 Å². The van der Waals surface area contributed by atoms with Gasteiger partial charge in [-0.3, -0.25) is 0 Å². The Morgan fingerprint density at radius 1 is 1.47 bits per heavy atom. The molecule has 0 fully saturated rings. The molecule has 0 saturated carbocycles. The van der Waals surface area contributed by atoms with Crippen LogP contribution in [0.3, 0.4) is 0 Å². The Balaban J connectivity index is 2.11. The fourth-order valence-electron chi connectivity index (χ4n) is 1.56. The van der Waals surface area contributed by atoms with Crippen molar-refractivity contribution in [1.29, 1.82) is 0 Å². The summed E-state index contributed by atoms with van der Waals surface area (Å²) in [4.78, 5) is 4.17. The summed E-state index contributed by atoms with van der Waals surface area (Å²) < 4.78 is 2.19. The average molecular weight is 257 g/mol. The standard InChI is InChI=1S/C12H23N3OS/c1-11(2)15-10-14-9-12(15)8-13-4-7-17-6-3-5-16/h9-11,13,16H,3-8H2,1-2H3. The number of nitrogens with one attached hydrogen (secondary N) is 1. The largest absolute Gasteiger partial charge is 0.396 e. The van der Waals surface area contributed by atoms with Gasteiger partial charge in [0.1, 0.15) is 0 Å². The van der Waals surface area contributed by atoms with E-state index in [1.165, 1.54) is 5.69 Å². The van der Waals surface area contributed by atoms with Crippen molar-refractivity contribution in [2.45, 2.75) is 32.9 Å². The lowest BCUT2D eigenvalue weighted by molar-refractivity contribution is 0.296. The molecular weight excluding hydrogens is 234 g/mol. The molecular formula is C12H23N3OS. The van der Waals surface area contributed by atoms with Crippen molar-refractivity contribution in [3.05, 3.63) is 18.2 Å². The summed E-state index contributed by atoms with van der Waals surface area (Å²) in [7, 11) is 0. The summed E-state index contributed by atoms with van der Waals surface area (Å²) in [6.07, 6.45) is 4.70. The lowest BCUT2D eigenvalue weighted by Gasteiger charge is -2.12. The van der Waals surface area contributed by atoms with Crippen LogP contribution in [0.5, 0.6) is 0 Å². The van der Waals surface area contributed by atoms with Crippen molar-refractivity contribution >= 4 is 11.8 Å². The molecule has 0 spiro atoms. The molecule has 5 heteroatoms. The third-order valence-corrected chi connectivity index (χ3v) is 3.55. The van der Waals surface area contributed by atoms with Crippen LogP contribution < -0.4 is 5.32 Å². The predicted octanol–water partition coefficient (Wildman–Crippen LogP) is 1.67. The molecule has 0 radical (unpaired) electrons. The molecule has 4 nitrogen and oxygen atoms in total. The van der Waals surface area contributed by atoms with Crippen molar-refractivity contribution in [2.75, 3.05) is 24.7 Å². The number of rotatable bonds is 9. The van der Waals surface area contributed by atoms with E-state index in [0.29, 0.717) is 12.6 Å². The Morgan fingerprint density at radius 3 is 3.00 bits per heavy atom. The quantitative estimate of drug-likeness (QED) is 0.661. The number of imidazole rings is 1. The van der Waals surface area contributed by atoms with E-state index in [1.807, 2.05) is 24.3 Å². The van der Waals surface area contributed by atoms with Crippen LogP contribution in [0.2, 0.25) is 0 Å². The fraction of sp³-hybridized carbons (Fsp3) is 0.750. The number of nitrogens with zero attached hydrogens (tertiary/aromatic N) is 2. The van der Waals surface area contributed by atoms with E-state index in [-0.39, 0.29) is 0 Å². The van der Waals surface area contributed by atoms with Crippen LogP contribution in [-0.4, -0.2) is 39.3 Å². The summed E-state index contributed by atoms with van der Waals surface area (Å²) in [5, 5.41) is 12.1. The summed E-state index contributed by atoms with van der Waals surface area (Å²) in [5.41, 5.74) is 1.24. The summed E-state index contributed by atoms with van der Waals surface area (Å²) in [6.45, 7) is 6.50. The normalized spacial score (nSPS) is 11.3. The first-order valence-electron chi connectivity index (χ1n) is 6.15. The number of thioether (sulfide) groups is 1. The zero-order valence-electron chi connectivity index (χ0n) is 10.7. The lowest BCUT2D eigenvalue weighted by atomic mass is 10.3. The summed E-state index contributed by atoms with van der Waals surface area (Å²) >= 11 is 1.88. The van der Waals surface area contributed by atoms with E-state index in [9.17, 15) is 0 Å². The minimum absolute atomic E-state index is 0.300. The van der Waals surface area contributed by atoms with Crippen LogP contribution in [0.1, 0.15) is 32.0 Å². The number of hydrogen-bond donors (Lipinski definition) is 2. The second kappa shape index (κ2) is 8.55. The maximum absolute atomic E-state index is 8.64. The number of aliphatic hydroxyl groups is 1. The first kappa shape index (κ1) is 14.5. The Morgan fingerprint density at radius 2 is 2.29 bits per heavy atom. The van der Waals surface area contributed by atoms with Gasteiger partial charge in [-0.05, 0) is 26.0 Å². The second-order valence-corrected chi connectivity index (χ2v) is 5.48. The Labute approximate surface area is 108 Å². The molecule has 0 bridgehead atoms. The van der Waals surface area contributed by atoms with Crippen LogP contribution in [-0.2, 0) is 6.54 Å². The van der Waals surface area contributed by atoms with Gasteiger partial charge in [-0.2, -0.15) is 11.8 Å². The monoisotopic (exact) mass is 257 g/mol. The van der Waals surface area contributed by atoms with Crippen molar-refractivity contribution in [3.8, 4) is 0 Å².